The number of rotatable bonds is 3. The fraction of sp³-hybridized carbons (Fsp3) is 0.500. The molecule has 1 N–H and O–H groups in total. The van der Waals surface area contributed by atoms with E-state index < -0.39 is 11.6 Å². The molecule has 0 radical (unpaired) electrons. The number of benzene rings is 1. The van der Waals surface area contributed by atoms with Gasteiger partial charge in [-0.2, -0.15) is 4.39 Å². The molecule has 1 fully saturated rings. The SMILES string of the molecule is COc1c(CC2CCCN2)cc(Cl)c(F)c1F. The molecule has 1 atom stereocenters. The van der Waals surface area contributed by atoms with E-state index in [4.69, 9.17) is 16.3 Å². The molecule has 5 heteroatoms. The Hall–Kier alpha value is -0.870. The minimum atomic E-state index is -1.05. The van der Waals surface area contributed by atoms with Crippen LogP contribution >= 0.6 is 11.6 Å². The van der Waals surface area contributed by atoms with Gasteiger partial charge in [0, 0.05) is 11.6 Å². The van der Waals surface area contributed by atoms with E-state index in [1.807, 2.05) is 0 Å². The number of hydrogen-bond donors (Lipinski definition) is 1. The Kier molecular flexibility index (Phi) is 3.84. The molecule has 0 amide bonds. The summed E-state index contributed by atoms with van der Waals surface area (Å²) in [5, 5.41) is 3.10. The quantitative estimate of drug-likeness (QED) is 0.845. The van der Waals surface area contributed by atoms with Gasteiger partial charge in [-0.15, -0.1) is 0 Å². The van der Waals surface area contributed by atoms with E-state index in [9.17, 15) is 8.78 Å². The van der Waals surface area contributed by atoms with Gasteiger partial charge in [-0.25, -0.2) is 4.39 Å². The summed E-state index contributed by atoms with van der Waals surface area (Å²) in [5.74, 6) is -2.10. The normalized spacial score (nSPS) is 19.6. The number of methoxy groups -OCH3 is 1. The van der Waals surface area contributed by atoms with Crippen molar-refractivity contribution in [3.8, 4) is 5.75 Å². The van der Waals surface area contributed by atoms with Crippen LogP contribution in [0.15, 0.2) is 6.07 Å². The molecular formula is C12H14ClF2NO. The Bertz CT molecular complexity index is 419. The lowest BCUT2D eigenvalue weighted by molar-refractivity contribution is 0.365. The largest absolute Gasteiger partial charge is 0.493 e. The van der Waals surface area contributed by atoms with Crippen LogP contribution in [0.25, 0.3) is 0 Å². The molecular weight excluding hydrogens is 248 g/mol. The van der Waals surface area contributed by atoms with Crippen LogP contribution in [0.1, 0.15) is 18.4 Å². The summed E-state index contributed by atoms with van der Waals surface area (Å²) in [6.45, 7) is 0.963. The van der Waals surface area contributed by atoms with Gasteiger partial charge < -0.3 is 10.1 Å². The van der Waals surface area contributed by atoms with Crippen molar-refractivity contribution in [3.63, 3.8) is 0 Å². The monoisotopic (exact) mass is 261 g/mol. The average Bonchev–Trinajstić information content (AvgIpc) is 2.79. The molecule has 1 aromatic carbocycles. The van der Waals surface area contributed by atoms with Crippen molar-refractivity contribution in [3.05, 3.63) is 28.3 Å². The van der Waals surface area contributed by atoms with Crippen molar-refractivity contribution < 1.29 is 13.5 Å². The van der Waals surface area contributed by atoms with Crippen molar-refractivity contribution >= 4 is 11.6 Å². The topological polar surface area (TPSA) is 21.3 Å². The van der Waals surface area contributed by atoms with Crippen molar-refractivity contribution in [2.45, 2.75) is 25.3 Å². The molecule has 1 unspecified atom stereocenters. The standard InChI is InChI=1S/C12H14ClF2NO/c1-17-12-7(5-8-3-2-4-16-8)6-9(13)10(14)11(12)15/h6,8,16H,2-5H2,1H3. The lowest BCUT2D eigenvalue weighted by Crippen LogP contribution is -2.24. The van der Waals surface area contributed by atoms with E-state index in [0.717, 1.165) is 19.4 Å². The maximum absolute atomic E-state index is 13.6. The highest BCUT2D eigenvalue weighted by Gasteiger charge is 2.22. The molecule has 1 saturated heterocycles. The molecule has 0 aromatic heterocycles. The second-order valence-corrected chi connectivity index (χ2v) is 4.58. The number of ether oxygens (including phenoxy) is 1. The van der Waals surface area contributed by atoms with Crippen LogP contribution in [0.2, 0.25) is 5.02 Å². The highest BCUT2D eigenvalue weighted by atomic mass is 35.5. The predicted octanol–water partition coefficient (Wildman–Crippen LogP) is 2.92. The van der Waals surface area contributed by atoms with Crippen molar-refractivity contribution in [2.24, 2.45) is 0 Å². The van der Waals surface area contributed by atoms with E-state index in [2.05, 4.69) is 5.32 Å². The lowest BCUT2D eigenvalue weighted by Gasteiger charge is -2.15. The minimum Gasteiger partial charge on any atom is -0.493 e. The summed E-state index contributed by atoms with van der Waals surface area (Å²) in [6, 6.07) is 1.73. The van der Waals surface area contributed by atoms with Gasteiger partial charge in [-0.05, 0) is 31.9 Å². The molecule has 0 aliphatic carbocycles. The summed E-state index contributed by atoms with van der Waals surface area (Å²) in [5.41, 5.74) is 0.607. The number of hydrogen-bond acceptors (Lipinski definition) is 2. The Morgan fingerprint density at radius 2 is 2.24 bits per heavy atom. The van der Waals surface area contributed by atoms with Crippen LogP contribution in [0.4, 0.5) is 8.78 Å². The van der Waals surface area contributed by atoms with E-state index in [1.54, 1.807) is 0 Å². The van der Waals surface area contributed by atoms with Gasteiger partial charge in [-0.1, -0.05) is 11.6 Å². The van der Waals surface area contributed by atoms with Crippen molar-refractivity contribution in [1.29, 1.82) is 0 Å². The van der Waals surface area contributed by atoms with Gasteiger partial charge in [0.1, 0.15) is 0 Å². The van der Waals surface area contributed by atoms with Crippen LogP contribution in [-0.4, -0.2) is 19.7 Å². The molecule has 1 aromatic rings. The minimum absolute atomic E-state index is 0.0411. The second kappa shape index (κ2) is 5.19. The third kappa shape index (κ3) is 2.53. The van der Waals surface area contributed by atoms with E-state index in [-0.39, 0.29) is 16.8 Å². The smallest absolute Gasteiger partial charge is 0.202 e. The van der Waals surface area contributed by atoms with Crippen LogP contribution in [-0.2, 0) is 6.42 Å². The Morgan fingerprint density at radius 1 is 1.47 bits per heavy atom. The lowest BCUT2D eigenvalue weighted by atomic mass is 10.0. The molecule has 1 aliphatic heterocycles. The first-order valence-electron chi connectivity index (χ1n) is 5.57. The van der Waals surface area contributed by atoms with Gasteiger partial charge in [0.15, 0.2) is 11.6 Å². The van der Waals surface area contributed by atoms with E-state index in [1.165, 1.54) is 13.2 Å². The van der Waals surface area contributed by atoms with Crippen LogP contribution in [0, 0.1) is 11.6 Å². The first kappa shape index (κ1) is 12.6. The van der Waals surface area contributed by atoms with Crippen LogP contribution in [0.5, 0.6) is 5.75 Å². The van der Waals surface area contributed by atoms with Gasteiger partial charge >= 0.3 is 0 Å². The molecule has 2 nitrogen and oxygen atoms in total. The summed E-state index contributed by atoms with van der Waals surface area (Å²) < 4.78 is 31.8. The van der Waals surface area contributed by atoms with E-state index >= 15 is 0 Å². The van der Waals surface area contributed by atoms with Gasteiger partial charge in [0.25, 0.3) is 0 Å². The summed E-state index contributed by atoms with van der Waals surface area (Å²) >= 11 is 5.64. The van der Waals surface area contributed by atoms with Crippen molar-refractivity contribution in [1.82, 2.24) is 5.32 Å². The van der Waals surface area contributed by atoms with Gasteiger partial charge in [-0.3, -0.25) is 0 Å². The third-order valence-corrected chi connectivity index (χ3v) is 3.30. The summed E-state index contributed by atoms with van der Waals surface area (Å²) in [6.07, 6.45) is 2.73. The average molecular weight is 262 g/mol. The molecule has 2 rings (SSSR count). The van der Waals surface area contributed by atoms with Gasteiger partial charge in [0.05, 0.1) is 12.1 Å². The first-order valence-corrected chi connectivity index (χ1v) is 5.95. The fourth-order valence-electron chi connectivity index (χ4n) is 2.20. The Balaban J connectivity index is 2.31. The maximum atomic E-state index is 13.6. The predicted molar refractivity (Wildman–Crippen MR) is 62.6 cm³/mol. The zero-order valence-corrected chi connectivity index (χ0v) is 10.3. The molecule has 0 spiro atoms. The molecule has 0 bridgehead atoms. The highest BCUT2D eigenvalue weighted by molar-refractivity contribution is 6.30. The Morgan fingerprint density at radius 3 is 2.82 bits per heavy atom. The maximum Gasteiger partial charge on any atom is 0.202 e. The number of nitrogens with one attached hydrogen (secondary N) is 1. The zero-order valence-electron chi connectivity index (χ0n) is 9.53. The van der Waals surface area contributed by atoms with Crippen LogP contribution < -0.4 is 10.1 Å². The summed E-state index contributed by atoms with van der Waals surface area (Å²) in [7, 11) is 1.33. The third-order valence-electron chi connectivity index (χ3n) is 3.03. The number of halogens is 3. The molecule has 94 valence electrons. The summed E-state index contributed by atoms with van der Waals surface area (Å²) in [4.78, 5) is 0. The van der Waals surface area contributed by atoms with Crippen LogP contribution in [0.3, 0.4) is 0 Å². The van der Waals surface area contributed by atoms with E-state index in [0.29, 0.717) is 12.0 Å². The molecule has 17 heavy (non-hydrogen) atoms. The molecule has 1 heterocycles. The Labute approximate surface area is 104 Å². The van der Waals surface area contributed by atoms with Crippen molar-refractivity contribution in [2.75, 3.05) is 13.7 Å². The molecule has 1 aliphatic rings. The highest BCUT2D eigenvalue weighted by Crippen LogP contribution is 2.31. The fourth-order valence-corrected chi connectivity index (χ4v) is 2.41. The zero-order chi connectivity index (χ0) is 12.4. The molecule has 0 saturated carbocycles. The first-order chi connectivity index (χ1) is 8.13. The second-order valence-electron chi connectivity index (χ2n) is 4.18. The van der Waals surface area contributed by atoms with Gasteiger partial charge in [0.2, 0.25) is 5.82 Å².